The fraction of sp³-hybridized carbons (Fsp3) is 0.417. The minimum Gasteiger partial charge on any atom is -0.361 e. The quantitative estimate of drug-likeness (QED) is 0.176. The Kier molecular flexibility index (Phi) is 10.9. The highest BCUT2D eigenvalue weighted by atomic mass is 16.5. The smallest absolute Gasteiger partial charge is 0.327 e. The van der Waals surface area contributed by atoms with E-state index >= 15 is 0 Å². The summed E-state index contributed by atoms with van der Waals surface area (Å²) >= 11 is 0. The molecule has 0 bridgehead atoms. The molecule has 0 aliphatic carbocycles. The summed E-state index contributed by atoms with van der Waals surface area (Å²) in [5, 5.41) is 14.0. The first kappa shape index (κ1) is 33.4. The summed E-state index contributed by atoms with van der Waals surface area (Å²) in [6, 6.07) is 17.6. The Balaban J connectivity index is 1.13. The van der Waals surface area contributed by atoms with Crippen LogP contribution in [0.1, 0.15) is 58.6 Å². The highest BCUT2D eigenvalue weighted by Crippen LogP contribution is 2.29. The average molecular weight is 654 g/mol. The van der Waals surface area contributed by atoms with Gasteiger partial charge in [0.25, 0.3) is 5.91 Å². The minimum atomic E-state index is -0.329. The van der Waals surface area contributed by atoms with Crippen molar-refractivity contribution in [3.8, 4) is 0 Å². The van der Waals surface area contributed by atoms with Gasteiger partial charge in [0.05, 0.1) is 12.2 Å². The number of amides is 3. The summed E-state index contributed by atoms with van der Waals surface area (Å²) in [6.45, 7) is 8.03. The lowest BCUT2D eigenvalue weighted by Crippen LogP contribution is -2.51. The zero-order chi connectivity index (χ0) is 33.5. The molecule has 6 rings (SSSR count). The number of nitrogens with two attached hydrogens (primary N) is 2. The van der Waals surface area contributed by atoms with Gasteiger partial charge in [-0.2, -0.15) is 0 Å². The third-order valence-corrected chi connectivity index (χ3v) is 9.15. The van der Waals surface area contributed by atoms with E-state index in [9.17, 15) is 9.59 Å². The molecule has 254 valence electrons. The van der Waals surface area contributed by atoms with Gasteiger partial charge in [0.15, 0.2) is 0 Å². The van der Waals surface area contributed by atoms with Crippen molar-refractivity contribution >= 4 is 23.3 Å². The van der Waals surface area contributed by atoms with Gasteiger partial charge in [-0.15, -0.1) is 0 Å². The SMILES string of the molecule is Cc1cc(CN(C(=O)c2ccc(C3=CC4=CN(c5ccc(CN(CCCN)CCCN)cc5)C(=O)NC4N3)cc2)C2CCNCC2)no1. The molecule has 0 radical (unpaired) electrons. The van der Waals surface area contributed by atoms with Gasteiger partial charge in [-0.3, -0.25) is 14.6 Å². The van der Waals surface area contributed by atoms with E-state index in [4.69, 9.17) is 16.0 Å². The molecule has 1 fully saturated rings. The molecular weight excluding hydrogens is 606 g/mol. The number of hydrogen-bond acceptors (Lipinski definition) is 9. The first-order valence-electron chi connectivity index (χ1n) is 17.0. The van der Waals surface area contributed by atoms with Gasteiger partial charge < -0.3 is 36.8 Å². The number of carbonyl (C=O) groups excluding carboxylic acids is 2. The average Bonchev–Trinajstić information content (AvgIpc) is 3.73. The van der Waals surface area contributed by atoms with Crippen LogP contribution in [0.15, 0.2) is 77.0 Å². The third-order valence-electron chi connectivity index (χ3n) is 9.15. The summed E-state index contributed by atoms with van der Waals surface area (Å²) in [5.41, 5.74) is 17.6. The van der Waals surface area contributed by atoms with Crippen LogP contribution in [0.25, 0.3) is 5.70 Å². The van der Waals surface area contributed by atoms with Crippen LogP contribution in [0.2, 0.25) is 0 Å². The molecule has 0 saturated carbocycles. The van der Waals surface area contributed by atoms with E-state index in [1.807, 2.05) is 66.6 Å². The molecule has 1 unspecified atom stereocenters. The second-order valence-electron chi connectivity index (χ2n) is 12.7. The zero-order valence-electron chi connectivity index (χ0n) is 27.7. The van der Waals surface area contributed by atoms with E-state index in [2.05, 4.69) is 38.1 Å². The second kappa shape index (κ2) is 15.6. The number of aryl methyl sites for hydroxylation is 1. The number of rotatable bonds is 14. The maximum absolute atomic E-state index is 13.8. The Morgan fingerprint density at radius 1 is 0.979 bits per heavy atom. The minimum absolute atomic E-state index is 0.0217. The number of carbonyl (C=O) groups is 2. The Morgan fingerprint density at radius 3 is 2.33 bits per heavy atom. The fourth-order valence-electron chi connectivity index (χ4n) is 6.55. The van der Waals surface area contributed by atoms with Crippen molar-refractivity contribution in [1.82, 2.24) is 30.9 Å². The molecule has 3 amide bonds. The van der Waals surface area contributed by atoms with Crippen LogP contribution in [0.5, 0.6) is 0 Å². The number of nitrogens with one attached hydrogen (secondary N) is 3. The van der Waals surface area contributed by atoms with Crippen molar-refractivity contribution in [2.45, 2.75) is 57.9 Å². The molecule has 1 aromatic heterocycles. The van der Waals surface area contributed by atoms with E-state index in [0.717, 1.165) is 92.4 Å². The lowest BCUT2D eigenvalue weighted by Gasteiger charge is -2.34. The van der Waals surface area contributed by atoms with Crippen LogP contribution in [0.4, 0.5) is 10.5 Å². The van der Waals surface area contributed by atoms with E-state index in [1.165, 1.54) is 5.56 Å². The van der Waals surface area contributed by atoms with Crippen LogP contribution < -0.4 is 32.3 Å². The maximum Gasteiger partial charge on any atom is 0.327 e. The molecule has 3 aliphatic rings. The first-order chi connectivity index (χ1) is 23.4. The standard InChI is InChI=1S/C36H47N9O3/c1-25-20-30(42-48-25)24-44(32-12-16-39-17-13-32)35(46)28-8-6-27(7-9-28)33-21-29-23-45(36(47)41-34(29)40-33)31-10-4-26(5-11-31)22-43(18-2-14-37)19-3-15-38/h4-11,20-21,23,32,34,39-40H,2-3,12-19,22,24,37-38H2,1H3,(H,41,47). The monoisotopic (exact) mass is 653 g/mol. The molecule has 1 saturated heterocycles. The van der Waals surface area contributed by atoms with Crippen molar-refractivity contribution in [2.75, 3.05) is 44.2 Å². The van der Waals surface area contributed by atoms with Crippen molar-refractivity contribution in [2.24, 2.45) is 11.5 Å². The summed E-state index contributed by atoms with van der Waals surface area (Å²) in [6.07, 6.45) is 7.27. The van der Waals surface area contributed by atoms with E-state index in [-0.39, 0.29) is 24.1 Å². The Bertz CT molecular complexity index is 1600. The molecule has 2 aromatic carbocycles. The highest BCUT2D eigenvalue weighted by Gasteiger charge is 2.32. The van der Waals surface area contributed by atoms with Gasteiger partial charge in [-0.1, -0.05) is 29.4 Å². The summed E-state index contributed by atoms with van der Waals surface area (Å²) in [7, 11) is 0. The number of piperidine rings is 1. The molecular formula is C36H47N9O3. The number of hydrogen-bond donors (Lipinski definition) is 5. The van der Waals surface area contributed by atoms with Crippen molar-refractivity contribution in [3.63, 3.8) is 0 Å². The highest BCUT2D eigenvalue weighted by molar-refractivity contribution is 5.97. The van der Waals surface area contributed by atoms with Gasteiger partial charge in [-0.05, 0) is 113 Å². The number of benzene rings is 2. The normalized spacial score (nSPS) is 17.9. The number of urea groups is 1. The lowest BCUT2D eigenvalue weighted by atomic mass is 10.0. The van der Waals surface area contributed by atoms with E-state index < -0.39 is 0 Å². The van der Waals surface area contributed by atoms with Crippen LogP contribution in [-0.2, 0) is 13.1 Å². The van der Waals surface area contributed by atoms with Gasteiger partial charge in [0, 0.05) is 41.7 Å². The predicted octanol–water partition coefficient (Wildman–Crippen LogP) is 3.26. The number of nitrogens with zero attached hydrogens (tertiary/aromatic N) is 4. The Morgan fingerprint density at radius 2 is 1.69 bits per heavy atom. The maximum atomic E-state index is 13.8. The third kappa shape index (κ3) is 7.96. The van der Waals surface area contributed by atoms with Gasteiger partial charge in [0.2, 0.25) is 0 Å². The summed E-state index contributed by atoms with van der Waals surface area (Å²) in [4.78, 5) is 32.9. The molecule has 3 aliphatic heterocycles. The van der Waals surface area contributed by atoms with E-state index in [0.29, 0.717) is 25.2 Å². The fourth-order valence-corrected chi connectivity index (χ4v) is 6.55. The van der Waals surface area contributed by atoms with Crippen molar-refractivity contribution in [1.29, 1.82) is 0 Å². The van der Waals surface area contributed by atoms with Crippen LogP contribution in [0, 0.1) is 6.92 Å². The molecule has 7 N–H and O–H groups in total. The van der Waals surface area contributed by atoms with Gasteiger partial charge >= 0.3 is 6.03 Å². The van der Waals surface area contributed by atoms with Crippen LogP contribution in [0.3, 0.4) is 0 Å². The molecule has 3 aromatic rings. The molecule has 12 nitrogen and oxygen atoms in total. The molecule has 1 atom stereocenters. The van der Waals surface area contributed by atoms with Crippen molar-refractivity contribution < 1.29 is 14.1 Å². The topological polar surface area (TPSA) is 158 Å². The zero-order valence-corrected chi connectivity index (χ0v) is 27.7. The van der Waals surface area contributed by atoms with Gasteiger partial charge in [-0.25, -0.2) is 4.79 Å². The molecule has 4 heterocycles. The predicted molar refractivity (Wildman–Crippen MR) is 187 cm³/mol. The largest absolute Gasteiger partial charge is 0.361 e. The Labute approximate surface area is 282 Å². The molecule has 12 heteroatoms. The summed E-state index contributed by atoms with van der Waals surface area (Å²) < 4.78 is 5.27. The molecule has 0 spiro atoms. The Hall–Kier alpha value is -4.49. The van der Waals surface area contributed by atoms with Crippen LogP contribution >= 0.6 is 0 Å². The number of fused-ring (bicyclic) bond motifs is 1. The van der Waals surface area contributed by atoms with Crippen LogP contribution in [-0.4, -0.2) is 78.4 Å². The second-order valence-corrected chi connectivity index (χ2v) is 12.7. The summed E-state index contributed by atoms with van der Waals surface area (Å²) in [5.74, 6) is 0.708. The van der Waals surface area contributed by atoms with Crippen molar-refractivity contribution in [3.05, 3.63) is 101 Å². The van der Waals surface area contributed by atoms with E-state index in [1.54, 1.807) is 4.90 Å². The van der Waals surface area contributed by atoms with Gasteiger partial charge in [0.1, 0.15) is 17.6 Å². The molecule has 48 heavy (non-hydrogen) atoms. The first-order valence-corrected chi connectivity index (χ1v) is 17.0. The lowest BCUT2D eigenvalue weighted by molar-refractivity contribution is 0.0617. The number of anilines is 1. The number of aromatic nitrogens is 1.